The first-order valence-electron chi connectivity index (χ1n) is 9.30. The summed E-state index contributed by atoms with van der Waals surface area (Å²) in [4.78, 5) is 12.7. The molecule has 2 aromatic carbocycles. The summed E-state index contributed by atoms with van der Waals surface area (Å²) in [5.41, 5.74) is 0.478. The number of rotatable bonds is 8. The van der Waals surface area contributed by atoms with Gasteiger partial charge in [-0.3, -0.25) is 9.36 Å². The Morgan fingerprint density at radius 3 is 2.66 bits per heavy atom. The maximum Gasteiger partial charge on any atom is 0.192 e. The second-order valence-corrected chi connectivity index (χ2v) is 8.57. The van der Waals surface area contributed by atoms with Crippen molar-refractivity contribution >= 4 is 29.1 Å². The molecule has 0 unspecified atom stereocenters. The van der Waals surface area contributed by atoms with Gasteiger partial charge in [0, 0.05) is 11.6 Å². The normalized spacial score (nSPS) is 14.6. The minimum atomic E-state index is -0.375. The van der Waals surface area contributed by atoms with Crippen LogP contribution < -0.4 is 4.74 Å². The first-order valence-corrected chi connectivity index (χ1v) is 10.6. The summed E-state index contributed by atoms with van der Waals surface area (Å²) in [6, 6.07) is 13.2. The second kappa shape index (κ2) is 8.55. The van der Waals surface area contributed by atoms with Gasteiger partial charge in [0.1, 0.15) is 18.2 Å². The van der Waals surface area contributed by atoms with Gasteiger partial charge in [0.25, 0.3) is 0 Å². The lowest BCUT2D eigenvalue weighted by molar-refractivity contribution is 0.0994. The predicted molar refractivity (Wildman–Crippen MR) is 110 cm³/mol. The topological polar surface area (TPSA) is 57.0 Å². The van der Waals surface area contributed by atoms with Gasteiger partial charge in [-0.25, -0.2) is 4.39 Å². The average molecular weight is 432 g/mol. The van der Waals surface area contributed by atoms with Gasteiger partial charge in [0.2, 0.25) is 0 Å². The Hall–Kier alpha value is -2.38. The standard InChI is InChI=1S/C21H19ClFN3O2S/c1-13(20(27)14-6-8-15(23)9-7-14)29-21-25-24-19(26(21)16-10-11-16)12-28-18-5-3-2-4-17(18)22/h2-9,13,16H,10-12H2,1H3/t13-/m1/s1. The first kappa shape index (κ1) is 19.9. The summed E-state index contributed by atoms with van der Waals surface area (Å²) in [6.07, 6.45) is 2.09. The SMILES string of the molecule is C[C@@H](Sc1nnc(COc2ccccc2Cl)n1C1CC1)C(=O)c1ccc(F)cc1. The van der Waals surface area contributed by atoms with Gasteiger partial charge in [-0.15, -0.1) is 10.2 Å². The van der Waals surface area contributed by atoms with Gasteiger partial charge in [-0.05, 0) is 56.2 Å². The van der Waals surface area contributed by atoms with Crippen LogP contribution in [0.2, 0.25) is 5.02 Å². The van der Waals surface area contributed by atoms with Crippen LogP contribution in [0.25, 0.3) is 0 Å². The monoisotopic (exact) mass is 431 g/mol. The lowest BCUT2D eigenvalue weighted by atomic mass is 10.1. The number of nitrogens with zero attached hydrogens (tertiary/aromatic N) is 3. The Labute approximate surface area is 177 Å². The Balaban J connectivity index is 1.48. The number of carbonyl (C=O) groups is 1. The second-order valence-electron chi connectivity index (χ2n) is 6.85. The molecule has 1 aliphatic rings. The molecule has 5 nitrogen and oxygen atoms in total. The summed E-state index contributed by atoms with van der Waals surface area (Å²) in [5.74, 6) is 0.859. The van der Waals surface area contributed by atoms with Crippen LogP contribution in [0.5, 0.6) is 5.75 Å². The van der Waals surface area contributed by atoms with Crippen LogP contribution in [0.1, 0.15) is 42.0 Å². The van der Waals surface area contributed by atoms with Crippen molar-refractivity contribution in [3.05, 3.63) is 70.8 Å². The molecule has 1 heterocycles. The van der Waals surface area contributed by atoms with E-state index in [4.69, 9.17) is 16.3 Å². The summed E-state index contributed by atoms with van der Waals surface area (Å²) in [5, 5.41) is 9.43. The molecule has 1 fully saturated rings. The van der Waals surface area contributed by atoms with Crippen molar-refractivity contribution in [1.82, 2.24) is 14.8 Å². The van der Waals surface area contributed by atoms with Crippen molar-refractivity contribution in [3.8, 4) is 5.75 Å². The molecule has 0 spiro atoms. The van der Waals surface area contributed by atoms with Crippen molar-refractivity contribution in [3.63, 3.8) is 0 Å². The highest BCUT2D eigenvalue weighted by Gasteiger charge is 2.31. The van der Waals surface area contributed by atoms with E-state index in [-0.39, 0.29) is 23.5 Å². The third-order valence-electron chi connectivity index (χ3n) is 4.62. The Bertz CT molecular complexity index is 1020. The van der Waals surface area contributed by atoms with Crippen molar-refractivity contribution < 1.29 is 13.9 Å². The van der Waals surface area contributed by atoms with E-state index in [2.05, 4.69) is 14.8 Å². The Morgan fingerprint density at radius 2 is 1.97 bits per heavy atom. The van der Waals surface area contributed by atoms with Gasteiger partial charge >= 0.3 is 0 Å². The van der Waals surface area contributed by atoms with Crippen LogP contribution in [-0.4, -0.2) is 25.8 Å². The van der Waals surface area contributed by atoms with Gasteiger partial charge in [-0.2, -0.15) is 0 Å². The fourth-order valence-corrected chi connectivity index (χ4v) is 4.16. The minimum Gasteiger partial charge on any atom is -0.484 e. The third-order valence-corrected chi connectivity index (χ3v) is 5.99. The lowest BCUT2D eigenvalue weighted by Crippen LogP contribution is -2.15. The summed E-state index contributed by atoms with van der Waals surface area (Å²) >= 11 is 7.50. The lowest BCUT2D eigenvalue weighted by Gasteiger charge is -2.13. The molecule has 1 saturated carbocycles. The molecular formula is C21H19ClFN3O2S. The molecule has 0 aliphatic heterocycles. The highest BCUT2D eigenvalue weighted by Crippen LogP contribution is 2.40. The van der Waals surface area contributed by atoms with E-state index < -0.39 is 0 Å². The minimum absolute atomic E-state index is 0.0748. The largest absolute Gasteiger partial charge is 0.484 e. The van der Waals surface area contributed by atoms with Crippen molar-refractivity contribution in [2.45, 2.75) is 42.8 Å². The summed E-state index contributed by atoms with van der Waals surface area (Å²) in [7, 11) is 0. The molecule has 0 amide bonds. The molecule has 29 heavy (non-hydrogen) atoms. The third kappa shape index (κ3) is 4.62. The van der Waals surface area contributed by atoms with Gasteiger partial charge in [-0.1, -0.05) is 35.5 Å². The van der Waals surface area contributed by atoms with Crippen molar-refractivity contribution in [2.24, 2.45) is 0 Å². The number of benzene rings is 2. The van der Waals surface area contributed by atoms with Crippen LogP contribution in [0.4, 0.5) is 4.39 Å². The predicted octanol–water partition coefficient (Wildman–Crippen LogP) is 5.35. The number of halogens is 2. The zero-order valence-corrected chi connectivity index (χ0v) is 17.3. The highest BCUT2D eigenvalue weighted by molar-refractivity contribution is 8.00. The van der Waals surface area contributed by atoms with E-state index in [1.165, 1.54) is 36.0 Å². The molecule has 150 valence electrons. The molecule has 1 aliphatic carbocycles. The number of ketones is 1. The number of ether oxygens (including phenoxy) is 1. The number of hydrogen-bond acceptors (Lipinski definition) is 5. The van der Waals surface area contributed by atoms with Gasteiger partial charge < -0.3 is 4.74 Å². The molecular weight excluding hydrogens is 413 g/mol. The highest BCUT2D eigenvalue weighted by atomic mass is 35.5. The smallest absolute Gasteiger partial charge is 0.192 e. The van der Waals surface area contributed by atoms with Crippen LogP contribution in [-0.2, 0) is 6.61 Å². The van der Waals surface area contributed by atoms with E-state index in [0.29, 0.717) is 33.4 Å². The molecule has 1 atom stereocenters. The fourth-order valence-electron chi connectivity index (χ4n) is 2.95. The number of aromatic nitrogens is 3. The van der Waals surface area contributed by atoms with E-state index in [1.54, 1.807) is 12.1 Å². The van der Waals surface area contributed by atoms with Crippen LogP contribution in [0, 0.1) is 5.82 Å². The van der Waals surface area contributed by atoms with E-state index in [1.807, 2.05) is 19.1 Å². The first-order chi connectivity index (χ1) is 14.0. The molecule has 0 radical (unpaired) electrons. The van der Waals surface area contributed by atoms with Crippen molar-refractivity contribution in [1.29, 1.82) is 0 Å². The summed E-state index contributed by atoms with van der Waals surface area (Å²) < 4.78 is 21.0. The quantitative estimate of drug-likeness (QED) is 0.355. The molecule has 0 N–H and O–H groups in total. The zero-order valence-electron chi connectivity index (χ0n) is 15.7. The number of carbonyl (C=O) groups excluding carboxylic acids is 1. The summed E-state index contributed by atoms with van der Waals surface area (Å²) in [6.45, 7) is 2.07. The van der Waals surface area contributed by atoms with Gasteiger partial charge in [0.15, 0.2) is 16.8 Å². The Kier molecular flexibility index (Phi) is 5.87. The molecule has 1 aromatic heterocycles. The van der Waals surface area contributed by atoms with E-state index >= 15 is 0 Å². The van der Waals surface area contributed by atoms with Crippen LogP contribution in [0.3, 0.4) is 0 Å². The molecule has 0 saturated heterocycles. The zero-order chi connectivity index (χ0) is 20.4. The van der Waals surface area contributed by atoms with E-state index in [0.717, 1.165) is 12.8 Å². The Morgan fingerprint density at radius 1 is 1.24 bits per heavy atom. The van der Waals surface area contributed by atoms with Crippen molar-refractivity contribution in [2.75, 3.05) is 0 Å². The molecule has 3 aromatic rings. The molecule has 4 rings (SSSR count). The number of thioether (sulfide) groups is 1. The molecule has 0 bridgehead atoms. The van der Waals surface area contributed by atoms with E-state index in [9.17, 15) is 9.18 Å². The average Bonchev–Trinajstić information content (AvgIpc) is 3.48. The fraction of sp³-hybridized carbons (Fsp3) is 0.286. The van der Waals surface area contributed by atoms with Gasteiger partial charge in [0.05, 0.1) is 10.3 Å². The number of Topliss-reactive ketones (excluding diaryl/α,β-unsaturated/α-hetero) is 1. The van der Waals surface area contributed by atoms with Crippen LogP contribution >= 0.6 is 23.4 Å². The number of hydrogen-bond donors (Lipinski definition) is 0. The number of para-hydroxylation sites is 1. The molecule has 8 heteroatoms. The maximum atomic E-state index is 13.1. The maximum absolute atomic E-state index is 13.1. The van der Waals surface area contributed by atoms with Crippen LogP contribution in [0.15, 0.2) is 53.7 Å².